The minimum absolute atomic E-state index is 0.859. The molecule has 18 heavy (non-hydrogen) atoms. The van der Waals surface area contributed by atoms with E-state index >= 15 is 0 Å². The molecule has 1 aliphatic heterocycles. The van der Waals surface area contributed by atoms with Gasteiger partial charge >= 0.3 is 0 Å². The van der Waals surface area contributed by atoms with Crippen LogP contribution in [0.3, 0.4) is 0 Å². The Labute approximate surface area is 115 Å². The van der Waals surface area contributed by atoms with Crippen LogP contribution in [0.25, 0.3) is 10.7 Å². The minimum atomic E-state index is 0.859. The molecule has 0 aliphatic carbocycles. The van der Waals surface area contributed by atoms with Crippen LogP contribution >= 0.6 is 23.1 Å². The smallest absolute Gasteiger partial charge is 0.208 e. The first kappa shape index (κ1) is 12.2. The van der Waals surface area contributed by atoms with Crippen molar-refractivity contribution in [1.29, 1.82) is 0 Å². The highest BCUT2D eigenvalue weighted by atomic mass is 32.2. The lowest BCUT2D eigenvalue weighted by molar-refractivity contribution is 0.362. The average Bonchev–Trinajstić information content (AvgIpc) is 3.12. The zero-order valence-electron chi connectivity index (χ0n) is 10.1. The number of aromatic amines is 1. The molecule has 96 valence electrons. The average molecular weight is 280 g/mol. The van der Waals surface area contributed by atoms with Crippen molar-refractivity contribution in [3.8, 4) is 10.7 Å². The molecule has 3 rings (SSSR count). The Kier molecular flexibility index (Phi) is 3.97. The predicted octanol–water partition coefficient (Wildman–Crippen LogP) is 2.72. The Hall–Kier alpha value is -0.850. The van der Waals surface area contributed by atoms with Crippen LogP contribution < -0.4 is 0 Å². The highest BCUT2D eigenvalue weighted by molar-refractivity contribution is 7.99. The number of hydrogen-bond acceptors (Lipinski definition) is 5. The fraction of sp³-hybridized carbons (Fsp3) is 0.500. The SMILES string of the molecule is c1csc(-c2nc(SCCN3CCCC3)n[nH]2)c1. The van der Waals surface area contributed by atoms with Crippen LogP contribution in [0.5, 0.6) is 0 Å². The van der Waals surface area contributed by atoms with Gasteiger partial charge in [-0.25, -0.2) is 4.98 Å². The molecule has 2 aromatic rings. The molecule has 0 atom stereocenters. The molecule has 1 fully saturated rings. The molecule has 1 N–H and O–H groups in total. The van der Waals surface area contributed by atoms with E-state index in [2.05, 4.69) is 31.5 Å². The Bertz CT molecular complexity index is 474. The summed E-state index contributed by atoms with van der Waals surface area (Å²) >= 11 is 3.42. The van der Waals surface area contributed by atoms with E-state index in [-0.39, 0.29) is 0 Å². The monoisotopic (exact) mass is 280 g/mol. The first-order valence-corrected chi connectivity index (χ1v) is 8.10. The molecule has 6 heteroatoms. The fourth-order valence-corrected chi connectivity index (χ4v) is 3.57. The molecule has 0 saturated carbocycles. The standard InChI is InChI=1S/C12H16N4S2/c1-2-6-16(5-1)7-9-18-12-13-11(14-15-12)10-4-3-8-17-10/h3-4,8H,1-2,5-7,9H2,(H,13,14,15). The van der Waals surface area contributed by atoms with Crippen molar-refractivity contribution in [3.63, 3.8) is 0 Å². The van der Waals surface area contributed by atoms with Gasteiger partial charge in [-0.2, -0.15) is 0 Å². The number of nitrogens with one attached hydrogen (secondary N) is 1. The van der Waals surface area contributed by atoms with Gasteiger partial charge in [0.1, 0.15) is 0 Å². The Morgan fingerprint density at radius 2 is 2.28 bits per heavy atom. The number of nitrogens with zero attached hydrogens (tertiary/aromatic N) is 3. The van der Waals surface area contributed by atoms with Crippen molar-refractivity contribution in [2.24, 2.45) is 0 Å². The van der Waals surface area contributed by atoms with Gasteiger partial charge in [0.25, 0.3) is 0 Å². The van der Waals surface area contributed by atoms with Crippen LogP contribution in [0.2, 0.25) is 0 Å². The summed E-state index contributed by atoms with van der Waals surface area (Å²) in [6, 6.07) is 4.09. The largest absolute Gasteiger partial charge is 0.303 e. The first-order chi connectivity index (χ1) is 8.92. The van der Waals surface area contributed by atoms with Gasteiger partial charge in [0.05, 0.1) is 4.88 Å². The van der Waals surface area contributed by atoms with Crippen molar-refractivity contribution in [2.75, 3.05) is 25.4 Å². The number of rotatable bonds is 5. The second kappa shape index (κ2) is 5.86. The van der Waals surface area contributed by atoms with E-state index in [0.29, 0.717) is 0 Å². The first-order valence-electron chi connectivity index (χ1n) is 6.23. The normalized spacial score (nSPS) is 16.4. The molecule has 0 amide bonds. The zero-order valence-corrected chi connectivity index (χ0v) is 11.8. The third-order valence-electron chi connectivity index (χ3n) is 3.06. The minimum Gasteiger partial charge on any atom is -0.303 e. The van der Waals surface area contributed by atoms with E-state index in [0.717, 1.165) is 28.2 Å². The molecule has 0 spiro atoms. The van der Waals surface area contributed by atoms with E-state index < -0.39 is 0 Å². The number of thioether (sulfide) groups is 1. The Morgan fingerprint density at radius 3 is 3.06 bits per heavy atom. The third-order valence-corrected chi connectivity index (χ3v) is 4.76. The molecule has 1 saturated heterocycles. The lowest BCUT2D eigenvalue weighted by atomic mass is 10.4. The van der Waals surface area contributed by atoms with Gasteiger partial charge in [-0.3, -0.25) is 5.10 Å². The van der Waals surface area contributed by atoms with Crippen LogP contribution in [0.15, 0.2) is 22.7 Å². The highest BCUT2D eigenvalue weighted by Crippen LogP contribution is 2.23. The van der Waals surface area contributed by atoms with Crippen LogP contribution in [0.1, 0.15) is 12.8 Å². The molecule has 0 unspecified atom stereocenters. The van der Waals surface area contributed by atoms with Crippen molar-refractivity contribution in [3.05, 3.63) is 17.5 Å². The zero-order chi connectivity index (χ0) is 12.2. The van der Waals surface area contributed by atoms with Crippen LogP contribution in [0.4, 0.5) is 0 Å². The maximum absolute atomic E-state index is 4.51. The number of H-pyrrole nitrogens is 1. The van der Waals surface area contributed by atoms with Gasteiger partial charge in [0.2, 0.25) is 5.16 Å². The van der Waals surface area contributed by atoms with Crippen LogP contribution in [-0.2, 0) is 0 Å². The lowest BCUT2D eigenvalue weighted by Gasteiger charge is -2.12. The number of thiophene rings is 1. The maximum atomic E-state index is 4.51. The summed E-state index contributed by atoms with van der Waals surface area (Å²) in [4.78, 5) is 8.17. The van der Waals surface area contributed by atoms with Crippen LogP contribution in [0, 0.1) is 0 Å². The molecule has 3 heterocycles. The van der Waals surface area contributed by atoms with E-state index in [1.807, 2.05) is 6.07 Å². The summed E-state index contributed by atoms with van der Waals surface area (Å²) in [6.45, 7) is 3.66. The van der Waals surface area contributed by atoms with E-state index in [9.17, 15) is 0 Å². The van der Waals surface area contributed by atoms with E-state index in [4.69, 9.17) is 0 Å². The summed E-state index contributed by atoms with van der Waals surface area (Å²) < 4.78 is 0. The van der Waals surface area contributed by atoms with Gasteiger partial charge in [0, 0.05) is 12.3 Å². The summed E-state index contributed by atoms with van der Waals surface area (Å²) in [5, 5.41) is 10.2. The molecule has 2 aromatic heterocycles. The molecule has 0 bridgehead atoms. The summed E-state index contributed by atoms with van der Waals surface area (Å²) in [6.07, 6.45) is 2.71. The number of likely N-dealkylation sites (tertiary alicyclic amines) is 1. The van der Waals surface area contributed by atoms with Gasteiger partial charge in [-0.1, -0.05) is 17.8 Å². The Balaban J connectivity index is 1.51. The lowest BCUT2D eigenvalue weighted by Crippen LogP contribution is -2.21. The molecule has 1 aliphatic rings. The topological polar surface area (TPSA) is 44.8 Å². The van der Waals surface area contributed by atoms with Gasteiger partial charge in [-0.05, 0) is 37.4 Å². The maximum Gasteiger partial charge on any atom is 0.208 e. The quantitative estimate of drug-likeness (QED) is 0.855. The Morgan fingerprint density at radius 1 is 1.39 bits per heavy atom. The summed E-state index contributed by atoms with van der Waals surface area (Å²) in [5.41, 5.74) is 0. The molecular formula is C12H16N4S2. The van der Waals surface area contributed by atoms with Crippen molar-refractivity contribution >= 4 is 23.1 Å². The van der Waals surface area contributed by atoms with E-state index in [1.54, 1.807) is 23.1 Å². The number of aromatic nitrogens is 3. The predicted molar refractivity (Wildman–Crippen MR) is 76.1 cm³/mol. The van der Waals surface area contributed by atoms with Gasteiger partial charge < -0.3 is 4.90 Å². The number of hydrogen-bond donors (Lipinski definition) is 1. The van der Waals surface area contributed by atoms with E-state index in [1.165, 1.54) is 25.9 Å². The van der Waals surface area contributed by atoms with Crippen LogP contribution in [-0.4, -0.2) is 45.5 Å². The van der Waals surface area contributed by atoms with Gasteiger partial charge in [-0.15, -0.1) is 16.4 Å². The second-order valence-electron chi connectivity index (χ2n) is 4.34. The molecule has 0 radical (unpaired) electrons. The van der Waals surface area contributed by atoms with Crippen molar-refractivity contribution in [2.45, 2.75) is 18.0 Å². The molecule has 4 nitrogen and oxygen atoms in total. The van der Waals surface area contributed by atoms with Crippen molar-refractivity contribution in [1.82, 2.24) is 20.1 Å². The summed E-state index contributed by atoms with van der Waals surface area (Å²) in [5.74, 6) is 1.95. The fourth-order valence-electron chi connectivity index (χ4n) is 2.11. The summed E-state index contributed by atoms with van der Waals surface area (Å²) in [7, 11) is 0. The third kappa shape index (κ3) is 2.93. The molecular weight excluding hydrogens is 264 g/mol. The highest BCUT2D eigenvalue weighted by Gasteiger charge is 2.12. The molecule has 0 aromatic carbocycles. The van der Waals surface area contributed by atoms with Gasteiger partial charge in [0.15, 0.2) is 5.82 Å². The second-order valence-corrected chi connectivity index (χ2v) is 6.35. The van der Waals surface area contributed by atoms with Crippen molar-refractivity contribution < 1.29 is 0 Å².